The van der Waals surface area contributed by atoms with Crippen molar-refractivity contribution in [1.82, 2.24) is 4.57 Å². The minimum Gasteiger partial charge on any atom is -0.385 e. The number of hydrogen-bond acceptors (Lipinski definition) is 2. The molecule has 0 saturated heterocycles. The number of aryl methyl sites for hydroxylation is 1. The average Bonchev–Trinajstić information content (AvgIpc) is 2.28. The fraction of sp³-hybridized carbons (Fsp3) is 0.154. The van der Waals surface area contributed by atoms with Crippen molar-refractivity contribution in [2.45, 2.75) is 13.0 Å². The minimum atomic E-state index is -0.0274. The molecule has 0 radical (unpaired) electrons. The Morgan fingerprint density at radius 3 is 2.88 bits per heavy atom. The van der Waals surface area contributed by atoms with E-state index in [1.54, 1.807) is 6.07 Å². The lowest BCUT2D eigenvalue weighted by molar-refractivity contribution is 0.688. The first-order valence-electron chi connectivity index (χ1n) is 5.34. The summed E-state index contributed by atoms with van der Waals surface area (Å²) in [5.74, 6) is 0.553. The second kappa shape index (κ2) is 3.23. The molecular weight excluding hydrogens is 200 g/mol. The molecule has 0 aliphatic carbocycles. The number of fused-ring (bicyclic) bond motifs is 3. The number of nitrogen functional groups attached to an aromatic ring is 1. The molecule has 1 aliphatic rings. The van der Waals surface area contributed by atoms with Crippen LogP contribution in [0, 0.1) is 0 Å². The Bertz CT molecular complexity index is 614. The molecule has 2 N–H and O–H groups in total. The van der Waals surface area contributed by atoms with E-state index in [1.807, 2.05) is 22.8 Å². The van der Waals surface area contributed by atoms with Gasteiger partial charge in [-0.2, -0.15) is 0 Å². The second-order valence-electron chi connectivity index (χ2n) is 4.06. The van der Waals surface area contributed by atoms with E-state index in [4.69, 9.17) is 5.73 Å². The summed E-state index contributed by atoms with van der Waals surface area (Å²) in [7, 11) is 0. The lowest BCUT2D eigenvalue weighted by Crippen LogP contribution is -2.19. The van der Waals surface area contributed by atoms with Crippen molar-refractivity contribution in [2.24, 2.45) is 0 Å². The van der Waals surface area contributed by atoms with Gasteiger partial charge in [-0.25, -0.2) is 0 Å². The molecule has 0 atom stereocenters. The van der Waals surface area contributed by atoms with Crippen molar-refractivity contribution >= 4 is 5.82 Å². The molecule has 1 aromatic heterocycles. The highest BCUT2D eigenvalue weighted by atomic mass is 16.1. The minimum absolute atomic E-state index is 0.0274. The molecule has 0 unspecified atom stereocenters. The van der Waals surface area contributed by atoms with Gasteiger partial charge in [0.1, 0.15) is 5.82 Å². The number of benzene rings is 1. The standard InChI is InChI=1S/C13H12N2O/c14-13-8-10(16)7-12-11-4-2-1-3-9(11)5-6-15(12)13/h1-4,7-8H,5-6,14H2. The van der Waals surface area contributed by atoms with Crippen LogP contribution in [0.4, 0.5) is 5.82 Å². The summed E-state index contributed by atoms with van der Waals surface area (Å²) in [4.78, 5) is 11.5. The van der Waals surface area contributed by atoms with Gasteiger partial charge in [0.2, 0.25) is 0 Å². The fourth-order valence-corrected chi connectivity index (χ4v) is 2.31. The zero-order valence-corrected chi connectivity index (χ0v) is 8.81. The summed E-state index contributed by atoms with van der Waals surface area (Å²) >= 11 is 0. The highest BCUT2D eigenvalue weighted by Crippen LogP contribution is 2.29. The zero-order chi connectivity index (χ0) is 11.1. The van der Waals surface area contributed by atoms with Gasteiger partial charge >= 0.3 is 0 Å². The molecule has 2 aromatic rings. The molecule has 16 heavy (non-hydrogen) atoms. The molecule has 2 heterocycles. The van der Waals surface area contributed by atoms with E-state index in [0.717, 1.165) is 24.2 Å². The van der Waals surface area contributed by atoms with Gasteiger partial charge in [-0.15, -0.1) is 0 Å². The maximum absolute atomic E-state index is 11.5. The normalized spacial score (nSPS) is 13.0. The van der Waals surface area contributed by atoms with Crippen LogP contribution in [0.3, 0.4) is 0 Å². The van der Waals surface area contributed by atoms with Crippen LogP contribution in [0.5, 0.6) is 0 Å². The smallest absolute Gasteiger partial charge is 0.184 e. The van der Waals surface area contributed by atoms with E-state index in [2.05, 4.69) is 6.07 Å². The highest BCUT2D eigenvalue weighted by Gasteiger charge is 2.16. The molecular formula is C13H12N2O. The van der Waals surface area contributed by atoms with Crippen LogP contribution in [0.15, 0.2) is 41.2 Å². The molecule has 1 aliphatic heterocycles. The third-order valence-corrected chi connectivity index (χ3v) is 3.07. The van der Waals surface area contributed by atoms with Gasteiger partial charge in [0.15, 0.2) is 5.43 Å². The molecule has 0 spiro atoms. The Labute approximate surface area is 93.1 Å². The first-order chi connectivity index (χ1) is 7.75. The first-order valence-corrected chi connectivity index (χ1v) is 5.34. The number of anilines is 1. The average molecular weight is 212 g/mol. The number of nitrogens with two attached hydrogens (primary N) is 1. The number of nitrogens with zero attached hydrogens (tertiary/aromatic N) is 1. The van der Waals surface area contributed by atoms with E-state index in [-0.39, 0.29) is 5.43 Å². The molecule has 3 rings (SSSR count). The van der Waals surface area contributed by atoms with E-state index in [9.17, 15) is 4.79 Å². The van der Waals surface area contributed by atoms with Crippen LogP contribution in [0.25, 0.3) is 11.3 Å². The number of pyridine rings is 1. The van der Waals surface area contributed by atoms with Crippen LogP contribution < -0.4 is 11.2 Å². The van der Waals surface area contributed by atoms with Crippen LogP contribution >= 0.6 is 0 Å². The molecule has 3 nitrogen and oxygen atoms in total. The van der Waals surface area contributed by atoms with Crippen molar-refractivity contribution < 1.29 is 0 Å². The van der Waals surface area contributed by atoms with Gasteiger partial charge in [-0.05, 0) is 12.0 Å². The molecule has 0 bridgehead atoms. The number of hydrogen-bond donors (Lipinski definition) is 1. The lowest BCUT2D eigenvalue weighted by atomic mass is 9.97. The number of rotatable bonds is 0. The summed E-state index contributed by atoms with van der Waals surface area (Å²) in [5.41, 5.74) is 9.18. The predicted molar refractivity (Wildman–Crippen MR) is 64.3 cm³/mol. The van der Waals surface area contributed by atoms with Crippen LogP contribution in [0.2, 0.25) is 0 Å². The van der Waals surface area contributed by atoms with E-state index in [0.29, 0.717) is 5.82 Å². The van der Waals surface area contributed by atoms with Gasteiger partial charge in [0.05, 0.1) is 5.69 Å². The Morgan fingerprint density at radius 2 is 2.00 bits per heavy atom. The lowest BCUT2D eigenvalue weighted by Gasteiger charge is -2.23. The van der Waals surface area contributed by atoms with Crippen molar-refractivity contribution in [3.05, 3.63) is 52.2 Å². The molecule has 80 valence electrons. The van der Waals surface area contributed by atoms with Gasteiger partial charge in [-0.1, -0.05) is 24.3 Å². The van der Waals surface area contributed by atoms with Crippen molar-refractivity contribution in [3.8, 4) is 11.3 Å². The van der Waals surface area contributed by atoms with E-state index in [1.165, 1.54) is 11.6 Å². The third kappa shape index (κ3) is 1.25. The quantitative estimate of drug-likeness (QED) is 0.721. The first kappa shape index (κ1) is 9.21. The topological polar surface area (TPSA) is 48.0 Å². The SMILES string of the molecule is Nc1cc(=O)cc2n1CCc1ccccc1-2. The Hall–Kier alpha value is -2.03. The highest BCUT2D eigenvalue weighted by molar-refractivity contribution is 5.67. The summed E-state index contributed by atoms with van der Waals surface area (Å²) < 4.78 is 2.00. The largest absolute Gasteiger partial charge is 0.385 e. The van der Waals surface area contributed by atoms with Crippen molar-refractivity contribution in [3.63, 3.8) is 0 Å². The Morgan fingerprint density at radius 1 is 1.19 bits per heavy atom. The number of aromatic nitrogens is 1. The van der Waals surface area contributed by atoms with Crippen LogP contribution in [-0.4, -0.2) is 4.57 Å². The second-order valence-corrected chi connectivity index (χ2v) is 4.06. The molecule has 3 heteroatoms. The van der Waals surface area contributed by atoms with E-state index < -0.39 is 0 Å². The maximum Gasteiger partial charge on any atom is 0.184 e. The monoisotopic (exact) mass is 212 g/mol. The molecule has 1 aromatic carbocycles. The van der Waals surface area contributed by atoms with E-state index >= 15 is 0 Å². The van der Waals surface area contributed by atoms with Crippen LogP contribution in [-0.2, 0) is 13.0 Å². The fourth-order valence-electron chi connectivity index (χ4n) is 2.31. The Balaban J connectivity index is 2.36. The molecule has 0 fully saturated rings. The van der Waals surface area contributed by atoms with Gasteiger partial charge < -0.3 is 10.3 Å². The van der Waals surface area contributed by atoms with Crippen molar-refractivity contribution in [1.29, 1.82) is 0 Å². The summed E-state index contributed by atoms with van der Waals surface area (Å²) in [5, 5.41) is 0. The predicted octanol–water partition coefficient (Wildman–Crippen LogP) is 1.65. The summed E-state index contributed by atoms with van der Waals surface area (Å²) in [6.07, 6.45) is 0.968. The Kier molecular flexibility index (Phi) is 1.86. The third-order valence-electron chi connectivity index (χ3n) is 3.07. The molecule has 0 saturated carbocycles. The van der Waals surface area contributed by atoms with Gasteiger partial charge in [0.25, 0.3) is 0 Å². The molecule has 0 amide bonds. The summed E-state index contributed by atoms with van der Waals surface area (Å²) in [6.45, 7) is 0.846. The van der Waals surface area contributed by atoms with Crippen LogP contribution in [0.1, 0.15) is 5.56 Å². The van der Waals surface area contributed by atoms with Gasteiger partial charge in [-0.3, -0.25) is 4.79 Å². The zero-order valence-electron chi connectivity index (χ0n) is 8.81. The van der Waals surface area contributed by atoms with Gasteiger partial charge in [0, 0.05) is 24.2 Å². The maximum atomic E-state index is 11.5. The van der Waals surface area contributed by atoms with Crippen molar-refractivity contribution in [2.75, 3.05) is 5.73 Å². The summed E-state index contributed by atoms with van der Waals surface area (Å²) in [6, 6.07) is 11.3.